The maximum Gasteiger partial charge on any atom is 0.265 e. The van der Waals surface area contributed by atoms with Gasteiger partial charge in [0.1, 0.15) is 6.04 Å². The molecule has 0 saturated carbocycles. The fourth-order valence-electron chi connectivity index (χ4n) is 2.84. The Bertz CT molecular complexity index is 1100. The number of imide groups is 1. The van der Waals surface area contributed by atoms with Gasteiger partial charge in [-0.2, -0.15) is 0 Å². The summed E-state index contributed by atoms with van der Waals surface area (Å²) in [6, 6.07) is 10.8. The normalized spacial score (nSPS) is 16.9. The minimum absolute atomic E-state index is 0.0406. The third-order valence-electron chi connectivity index (χ3n) is 4.47. The molecule has 1 saturated heterocycles. The molecule has 11 heteroatoms. The first-order valence-corrected chi connectivity index (χ1v) is 10.6. The molecule has 0 aromatic heterocycles. The quantitative estimate of drug-likeness (QED) is 0.504. The number of halogens is 1. The maximum atomic E-state index is 12.6. The number of hydrogen-bond donors (Lipinski definition) is 2. The molecule has 0 radical (unpaired) electrons. The van der Waals surface area contributed by atoms with Crippen LogP contribution in [0.1, 0.15) is 16.8 Å². The van der Waals surface area contributed by atoms with Gasteiger partial charge in [-0.3, -0.25) is 19.8 Å². The van der Waals surface area contributed by atoms with Gasteiger partial charge < -0.3 is 0 Å². The van der Waals surface area contributed by atoms with Gasteiger partial charge in [0.2, 0.25) is 15.9 Å². The number of carbonyl (C=O) groups is 3. The van der Waals surface area contributed by atoms with Crippen LogP contribution in [-0.4, -0.2) is 50.6 Å². The molecule has 1 fully saturated rings. The molecule has 1 atom stereocenters. The fourth-order valence-corrected chi connectivity index (χ4v) is 3.91. The van der Waals surface area contributed by atoms with Crippen LogP contribution in [0.4, 0.5) is 5.69 Å². The molecule has 30 heavy (non-hydrogen) atoms. The van der Waals surface area contributed by atoms with E-state index in [1.54, 1.807) is 24.3 Å². The van der Waals surface area contributed by atoms with E-state index in [-0.39, 0.29) is 16.9 Å². The van der Waals surface area contributed by atoms with Crippen molar-refractivity contribution < 1.29 is 22.8 Å². The molecule has 0 bridgehead atoms. The van der Waals surface area contributed by atoms with Gasteiger partial charge in [-0.05, 0) is 42.5 Å². The van der Waals surface area contributed by atoms with Crippen molar-refractivity contribution in [1.29, 1.82) is 0 Å². The van der Waals surface area contributed by atoms with Crippen LogP contribution in [0.15, 0.2) is 53.4 Å². The Hall–Kier alpha value is -2.79. The number of benzene rings is 2. The zero-order valence-electron chi connectivity index (χ0n) is 16.1. The summed E-state index contributed by atoms with van der Waals surface area (Å²) in [5, 5.41) is 0.471. The van der Waals surface area contributed by atoms with Crippen LogP contribution in [0.25, 0.3) is 0 Å². The zero-order valence-corrected chi connectivity index (χ0v) is 17.7. The van der Waals surface area contributed by atoms with E-state index >= 15 is 0 Å². The van der Waals surface area contributed by atoms with Gasteiger partial charge in [0, 0.05) is 24.7 Å². The smallest absolute Gasteiger partial charge is 0.265 e. The minimum Gasteiger partial charge on any atom is -0.287 e. The number of nitrogens with one attached hydrogen (secondary N) is 2. The first-order chi connectivity index (χ1) is 14.1. The Kier molecular flexibility index (Phi) is 6.22. The highest BCUT2D eigenvalue weighted by molar-refractivity contribution is 7.89. The van der Waals surface area contributed by atoms with Crippen LogP contribution in [0.2, 0.25) is 5.02 Å². The van der Waals surface area contributed by atoms with Crippen LogP contribution in [0.3, 0.4) is 0 Å². The number of amides is 3. The number of nitrogens with zero attached hydrogens (tertiary/aromatic N) is 2. The van der Waals surface area contributed by atoms with E-state index in [9.17, 15) is 22.8 Å². The van der Waals surface area contributed by atoms with E-state index in [1.165, 1.54) is 38.4 Å². The van der Waals surface area contributed by atoms with Gasteiger partial charge in [0.25, 0.3) is 11.8 Å². The molecular weight excluding hydrogens is 432 g/mol. The zero-order chi connectivity index (χ0) is 22.1. The molecule has 0 aliphatic carbocycles. The maximum absolute atomic E-state index is 12.6. The molecule has 158 valence electrons. The second-order valence-corrected chi connectivity index (χ2v) is 9.30. The van der Waals surface area contributed by atoms with E-state index in [2.05, 4.69) is 10.9 Å². The van der Waals surface area contributed by atoms with E-state index in [4.69, 9.17) is 11.6 Å². The van der Waals surface area contributed by atoms with Crippen LogP contribution in [-0.2, 0) is 19.6 Å². The number of hydrogen-bond acceptors (Lipinski definition) is 6. The standard InChI is InChI=1S/C19H19ClN4O5S/c1-23(2)30(28,29)15-5-3-4-12(10-15)18(26)22-21-16-11-17(25)24(19(16)27)14-8-6-13(20)7-9-14/h3-10,16,21H,11H2,1-2H3,(H,22,26)/t16-/m1/s1. The molecule has 2 N–H and O–H groups in total. The Morgan fingerprint density at radius 3 is 2.43 bits per heavy atom. The van der Waals surface area contributed by atoms with Crippen LogP contribution >= 0.6 is 11.6 Å². The summed E-state index contributed by atoms with van der Waals surface area (Å²) in [5.41, 5.74) is 5.38. The molecule has 2 aromatic carbocycles. The molecule has 2 aromatic rings. The largest absolute Gasteiger partial charge is 0.287 e. The second kappa shape index (κ2) is 8.52. The van der Waals surface area contributed by atoms with E-state index < -0.39 is 33.8 Å². The van der Waals surface area contributed by atoms with E-state index in [1.807, 2.05) is 0 Å². The number of rotatable bonds is 6. The van der Waals surface area contributed by atoms with Crippen molar-refractivity contribution in [3.63, 3.8) is 0 Å². The van der Waals surface area contributed by atoms with Crippen molar-refractivity contribution in [2.45, 2.75) is 17.4 Å². The molecule has 0 spiro atoms. The van der Waals surface area contributed by atoms with Gasteiger partial charge in [-0.15, -0.1) is 0 Å². The van der Waals surface area contributed by atoms with E-state index in [0.717, 1.165) is 9.21 Å². The van der Waals surface area contributed by atoms with Crippen molar-refractivity contribution >= 4 is 45.0 Å². The Morgan fingerprint density at radius 1 is 1.13 bits per heavy atom. The molecule has 3 amide bonds. The molecule has 1 heterocycles. The molecule has 1 aliphatic rings. The lowest BCUT2D eigenvalue weighted by molar-refractivity contribution is -0.121. The summed E-state index contributed by atoms with van der Waals surface area (Å²) in [4.78, 5) is 38.2. The highest BCUT2D eigenvalue weighted by atomic mass is 35.5. The predicted molar refractivity (Wildman–Crippen MR) is 110 cm³/mol. The highest BCUT2D eigenvalue weighted by Crippen LogP contribution is 2.24. The minimum atomic E-state index is -3.70. The lowest BCUT2D eigenvalue weighted by atomic mass is 10.2. The van der Waals surface area contributed by atoms with Crippen LogP contribution in [0.5, 0.6) is 0 Å². The molecule has 3 rings (SSSR count). The van der Waals surface area contributed by atoms with Crippen molar-refractivity contribution in [2.24, 2.45) is 0 Å². The van der Waals surface area contributed by atoms with Crippen LogP contribution in [0, 0.1) is 0 Å². The average molecular weight is 451 g/mol. The van der Waals surface area contributed by atoms with Gasteiger partial charge in [0.05, 0.1) is 17.0 Å². The fraction of sp³-hybridized carbons (Fsp3) is 0.211. The van der Waals surface area contributed by atoms with Gasteiger partial charge in [-0.25, -0.2) is 23.0 Å². The highest BCUT2D eigenvalue weighted by Gasteiger charge is 2.39. The third-order valence-corrected chi connectivity index (χ3v) is 6.53. The molecule has 0 unspecified atom stereocenters. The van der Waals surface area contributed by atoms with Gasteiger partial charge in [-0.1, -0.05) is 17.7 Å². The number of hydrazine groups is 1. The number of sulfonamides is 1. The molecule has 1 aliphatic heterocycles. The SMILES string of the molecule is CN(C)S(=O)(=O)c1cccc(C(=O)NN[C@@H]2CC(=O)N(c3ccc(Cl)cc3)C2=O)c1. The first kappa shape index (κ1) is 21.9. The topological polar surface area (TPSA) is 116 Å². The Morgan fingerprint density at radius 2 is 1.80 bits per heavy atom. The number of anilines is 1. The lowest BCUT2D eigenvalue weighted by Crippen LogP contribution is -2.48. The predicted octanol–water partition coefficient (Wildman–Crippen LogP) is 1.16. The summed E-state index contributed by atoms with van der Waals surface area (Å²) in [6.07, 6.45) is -0.142. The summed E-state index contributed by atoms with van der Waals surface area (Å²) >= 11 is 5.83. The first-order valence-electron chi connectivity index (χ1n) is 8.82. The second-order valence-electron chi connectivity index (χ2n) is 6.71. The van der Waals surface area contributed by atoms with E-state index in [0.29, 0.717) is 10.7 Å². The summed E-state index contributed by atoms with van der Waals surface area (Å²) in [5.74, 6) is -1.59. The van der Waals surface area contributed by atoms with Crippen LogP contribution < -0.4 is 15.8 Å². The average Bonchev–Trinajstić information content (AvgIpc) is 3.00. The lowest BCUT2D eigenvalue weighted by Gasteiger charge is -2.16. The van der Waals surface area contributed by atoms with Crippen molar-refractivity contribution in [3.05, 3.63) is 59.1 Å². The molecular formula is C19H19ClN4O5S. The van der Waals surface area contributed by atoms with Gasteiger partial charge >= 0.3 is 0 Å². The number of carbonyl (C=O) groups excluding carboxylic acids is 3. The summed E-state index contributed by atoms with van der Waals surface area (Å²) in [6.45, 7) is 0. The Labute approximate surface area is 178 Å². The van der Waals surface area contributed by atoms with Crippen molar-refractivity contribution in [1.82, 2.24) is 15.2 Å². The Balaban J connectivity index is 1.69. The monoisotopic (exact) mass is 450 g/mol. The summed E-state index contributed by atoms with van der Waals surface area (Å²) < 4.78 is 25.5. The summed E-state index contributed by atoms with van der Waals surface area (Å²) in [7, 11) is -0.927. The third kappa shape index (κ3) is 4.36. The molecule has 9 nitrogen and oxygen atoms in total. The van der Waals surface area contributed by atoms with Crippen molar-refractivity contribution in [3.8, 4) is 0 Å². The van der Waals surface area contributed by atoms with Gasteiger partial charge in [0.15, 0.2) is 0 Å². The van der Waals surface area contributed by atoms with Crippen molar-refractivity contribution in [2.75, 3.05) is 19.0 Å².